The number of H-pyrrole nitrogens is 1. The number of thioether (sulfide) groups is 1. The van der Waals surface area contributed by atoms with Gasteiger partial charge < -0.3 is 4.98 Å². The smallest absolute Gasteiger partial charge is 0.313 e. The summed E-state index contributed by atoms with van der Waals surface area (Å²) >= 11 is 2.65. The minimum Gasteiger partial charge on any atom is -0.313 e. The van der Waals surface area contributed by atoms with E-state index in [0.717, 1.165) is 16.5 Å². The van der Waals surface area contributed by atoms with Crippen molar-refractivity contribution in [3.8, 4) is 0 Å². The molecule has 2 aromatic heterocycles. The Labute approximate surface area is 160 Å². The van der Waals surface area contributed by atoms with E-state index in [1.807, 2.05) is 6.92 Å². The van der Waals surface area contributed by atoms with Gasteiger partial charge in [0.1, 0.15) is 11.4 Å². The summed E-state index contributed by atoms with van der Waals surface area (Å²) < 4.78 is 15.3. The molecule has 0 fully saturated rings. The van der Waals surface area contributed by atoms with Crippen molar-refractivity contribution >= 4 is 34.1 Å². The molecule has 0 atom stereocenters. The molecule has 1 aromatic carbocycles. The Bertz CT molecular complexity index is 1090. The van der Waals surface area contributed by atoms with Gasteiger partial charge in [0.25, 0.3) is 11.5 Å². The number of halogens is 1. The first-order chi connectivity index (χ1) is 13.0. The number of hydrogen-bond donors (Lipinski definition) is 2. The molecule has 140 valence electrons. The molecule has 0 saturated heterocycles. The third-order valence-corrected chi connectivity index (χ3v) is 5.34. The second-order valence-corrected chi connectivity index (χ2v) is 7.74. The van der Waals surface area contributed by atoms with Crippen LogP contribution in [0.4, 0.5) is 9.52 Å². The lowest BCUT2D eigenvalue weighted by Gasteiger charge is -2.07. The molecule has 0 radical (unpaired) electrons. The molecule has 0 unspecified atom stereocenters. The Morgan fingerprint density at radius 3 is 2.85 bits per heavy atom. The van der Waals surface area contributed by atoms with Gasteiger partial charge in [0.05, 0.1) is 6.54 Å². The van der Waals surface area contributed by atoms with Crippen LogP contribution < -0.4 is 16.6 Å². The normalized spacial score (nSPS) is 10.7. The zero-order valence-electron chi connectivity index (χ0n) is 14.1. The van der Waals surface area contributed by atoms with Gasteiger partial charge in [-0.1, -0.05) is 48.2 Å². The molecule has 0 aliphatic rings. The lowest BCUT2D eigenvalue weighted by Crippen LogP contribution is -2.39. The number of carbonyl (C=O) groups is 1. The largest absolute Gasteiger partial charge is 0.328 e. The van der Waals surface area contributed by atoms with Crippen molar-refractivity contribution in [2.45, 2.75) is 17.8 Å². The molecule has 0 aliphatic carbocycles. The second kappa shape index (κ2) is 8.27. The molecule has 3 rings (SSSR count). The Balaban J connectivity index is 1.88. The summed E-state index contributed by atoms with van der Waals surface area (Å²) in [6.07, 6.45) is 1.03. The maximum Gasteiger partial charge on any atom is 0.328 e. The van der Waals surface area contributed by atoms with Crippen LogP contribution in [0.1, 0.15) is 22.8 Å². The highest BCUT2D eigenvalue weighted by atomic mass is 32.2. The van der Waals surface area contributed by atoms with Gasteiger partial charge in [-0.15, -0.1) is 10.2 Å². The first-order valence-corrected chi connectivity index (χ1v) is 9.63. The number of amides is 1. The third-order valence-electron chi connectivity index (χ3n) is 3.49. The molecule has 1 amide bonds. The molecule has 27 heavy (non-hydrogen) atoms. The molecule has 0 spiro atoms. The minimum atomic E-state index is -0.827. The number of benzene rings is 1. The molecule has 2 N–H and O–H groups in total. The molecule has 0 aliphatic heterocycles. The van der Waals surface area contributed by atoms with E-state index < -0.39 is 23.0 Å². The third kappa shape index (κ3) is 4.31. The Hall–Kier alpha value is -2.79. The van der Waals surface area contributed by atoms with Crippen molar-refractivity contribution in [1.82, 2.24) is 19.7 Å². The lowest BCUT2D eigenvalue weighted by atomic mass is 10.2. The SMILES string of the molecule is CCSc1nnc(NC(=O)c2c[nH]c(=O)n(Cc3ccccc3F)c2=O)s1. The summed E-state index contributed by atoms with van der Waals surface area (Å²) in [5, 5.41) is 10.5. The highest BCUT2D eigenvalue weighted by molar-refractivity contribution is 8.01. The van der Waals surface area contributed by atoms with Gasteiger partial charge in [-0.05, 0) is 11.8 Å². The fraction of sp³-hybridized carbons (Fsp3) is 0.188. The number of nitrogens with one attached hydrogen (secondary N) is 2. The summed E-state index contributed by atoms with van der Waals surface area (Å²) in [5.74, 6) is -0.473. The molecular weight excluding hydrogens is 393 g/mol. The minimum absolute atomic E-state index is 0.160. The average molecular weight is 407 g/mol. The number of anilines is 1. The van der Waals surface area contributed by atoms with E-state index in [0.29, 0.717) is 4.34 Å². The van der Waals surface area contributed by atoms with Gasteiger partial charge in [-0.3, -0.25) is 19.5 Å². The van der Waals surface area contributed by atoms with Crippen molar-refractivity contribution in [3.05, 3.63) is 68.2 Å². The summed E-state index contributed by atoms with van der Waals surface area (Å²) in [6, 6.07) is 5.78. The fourth-order valence-corrected chi connectivity index (χ4v) is 3.86. The standard InChI is InChI=1S/C16H14FN5O3S2/c1-2-26-16-21-20-14(27-16)19-12(23)10-7-18-15(25)22(13(10)24)8-9-5-3-4-6-11(9)17/h3-7H,2,8H2,1H3,(H,18,25)(H,19,20,23). The Morgan fingerprint density at radius 2 is 2.11 bits per heavy atom. The lowest BCUT2D eigenvalue weighted by molar-refractivity contribution is 0.102. The van der Waals surface area contributed by atoms with Crippen molar-refractivity contribution in [1.29, 1.82) is 0 Å². The molecular formula is C16H14FN5O3S2. The predicted octanol–water partition coefficient (Wildman–Crippen LogP) is 1.94. The summed E-state index contributed by atoms with van der Waals surface area (Å²) in [4.78, 5) is 39.3. The predicted molar refractivity (Wildman–Crippen MR) is 101 cm³/mol. The quantitative estimate of drug-likeness (QED) is 0.477. The van der Waals surface area contributed by atoms with E-state index in [9.17, 15) is 18.8 Å². The van der Waals surface area contributed by atoms with Crippen molar-refractivity contribution in [2.24, 2.45) is 0 Å². The zero-order chi connectivity index (χ0) is 19.4. The topological polar surface area (TPSA) is 110 Å². The van der Waals surface area contributed by atoms with Crippen LogP contribution in [0.3, 0.4) is 0 Å². The number of aromatic nitrogens is 4. The van der Waals surface area contributed by atoms with E-state index >= 15 is 0 Å². The average Bonchev–Trinajstić information content (AvgIpc) is 3.07. The van der Waals surface area contributed by atoms with Crippen molar-refractivity contribution in [3.63, 3.8) is 0 Å². The monoisotopic (exact) mass is 407 g/mol. The first-order valence-electron chi connectivity index (χ1n) is 7.83. The van der Waals surface area contributed by atoms with Gasteiger partial charge in [-0.2, -0.15) is 0 Å². The van der Waals surface area contributed by atoms with Crippen LogP contribution in [-0.2, 0) is 6.54 Å². The molecule has 3 aromatic rings. The number of nitrogens with zero attached hydrogens (tertiary/aromatic N) is 3. The van der Waals surface area contributed by atoms with Crippen LogP contribution in [-0.4, -0.2) is 31.4 Å². The number of hydrogen-bond acceptors (Lipinski definition) is 7. The van der Waals surface area contributed by atoms with Gasteiger partial charge in [-0.25, -0.2) is 9.18 Å². The maximum atomic E-state index is 13.8. The van der Waals surface area contributed by atoms with E-state index in [-0.39, 0.29) is 22.8 Å². The van der Waals surface area contributed by atoms with Crippen LogP contribution in [0.25, 0.3) is 0 Å². The van der Waals surface area contributed by atoms with Crippen LogP contribution >= 0.6 is 23.1 Å². The van der Waals surface area contributed by atoms with E-state index in [1.54, 1.807) is 6.07 Å². The summed E-state index contributed by atoms with van der Waals surface area (Å²) in [6.45, 7) is 1.67. The highest BCUT2D eigenvalue weighted by Gasteiger charge is 2.17. The summed E-state index contributed by atoms with van der Waals surface area (Å²) in [7, 11) is 0. The summed E-state index contributed by atoms with van der Waals surface area (Å²) in [5.41, 5.74) is -1.69. The molecule has 0 saturated carbocycles. The fourth-order valence-electron chi connectivity index (χ4n) is 2.22. The zero-order valence-corrected chi connectivity index (χ0v) is 15.7. The van der Waals surface area contributed by atoms with E-state index in [4.69, 9.17) is 0 Å². The van der Waals surface area contributed by atoms with Crippen LogP contribution in [0, 0.1) is 5.82 Å². The van der Waals surface area contributed by atoms with Gasteiger partial charge >= 0.3 is 5.69 Å². The number of carbonyl (C=O) groups excluding carboxylic acids is 1. The Morgan fingerprint density at radius 1 is 1.33 bits per heavy atom. The molecule has 2 heterocycles. The highest BCUT2D eigenvalue weighted by Crippen LogP contribution is 2.25. The van der Waals surface area contributed by atoms with Crippen molar-refractivity contribution in [2.75, 3.05) is 11.1 Å². The van der Waals surface area contributed by atoms with Crippen LogP contribution in [0.15, 0.2) is 44.4 Å². The molecule has 11 heteroatoms. The first kappa shape index (κ1) is 19.0. The van der Waals surface area contributed by atoms with Gasteiger partial charge in [0.2, 0.25) is 5.13 Å². The van der Waals surface area contributed by atoms with Gasteiger partial charge in [0.15, 0.2) is 4.34 Å². The van der Waals surface area contributed by atoms with E-state index in [1.165, 1.54) is 41.3 Å². The molecule has 8 nitrogen and oxygen atoms in total. The number of rotatable bonds is 6. The molecule has 0 bridgehead atoms. The maximum absolute atomic E-state index is 13.8. The van der Waals surface area contributed by atoms with Crippen LogP contribution in [0.5, 0.6) is 0 Å². The number of aromatic amines is 1. The van der Waals surface area contributed by atoms with Crippen LogP contribution in [0.2, 0.25) is 0 Å². The Kier molecular flexibility index (Phi) is 5.81. The second-order valence-electron chi connectivity index (χ2n) is 5.25. The van der Waals surface area contributed by atoms with Crippen molar-refractivity contribution < 1.29 is 9.18 Å². The van der Waals surface area contributed by atoms with E-state index in [2.05, 4.69) is 20.5 Å². The van der Waals surface area contributed by atoms with Gasteiger partial charge in [0, 0.05) is 11.8 Å².